The number of carboxylic acid groups (broad SMARTS) is 1. The smallest absolute Gasteiger partial charge is 0.326 e. The summed E-state index contributed by atoms with van der Waals surface area (Å²) in [6.45, 7) is 1.83. The minimum atomic E-state index is -1.11. The summed E-state index contributed by atoms with van der Waals surface area (Å²) >= 11 is 6.26. The van der Waals surface area contributed by atoms with Crippen molar-refractivity contribution in [2.24, 2.45) is 0 Å². The van der Waals surface area contributed by atoms with E-state index in [0.29, 0.717) is 23.0 Å². The van der Waals surface area contributed by atoms with Crippen molar-refractivity contribution < 1.29 is 24.2 Å². The largest absolute Gasteiger partial charge is 0.493 e. The number of carbonyl (C=O) groups is 2. The number of carboxylic acids is 1. The topological polar surface area (TPSA) is 76.1 Å². The van der Waals surface area contributed by atoms with Gasteiger partial charge in [-0.15, -0.1) is 0 Å². The summed E-state index contributed by atoms with van der Waals surface area (Å²) in [5.41, 5.74) is 1.76. The van der Waals surface area contributed by atoms with Crippen LogP contribution in [-0.4, -0.2) is 39.4 Å². The van der Waals surface area contributed by atoms with Crippen molar-refractivity contribution in [3.05, 3.63) is 64.6 Å². The van der Waals surface area contributed by atoms with Crippen LogP contribution in [0.25, 0.3) is 6.08 Å². The molecule has 1 N–H and O–H groups in total. The van der Waals surface area contributed by atoms with Gasteiger partial charge in [-0.1, -0.05) is 60.4 Å². The number of hydrogen-bond donors (Lipinski definition) is 1. The van der Waals surface area contributed by atoms with Gasteiger partial charge in [-0.3, -0.25) is 9.69 Å². The van der Waals surface area contributed by atoms with E-state index in [1.165, 1.54) is 6.92 Å². The van der Waals surface area contributed by atoms with Crippen LogP contribution in [0.2, 0.25) is 0 Å². The number of nitrogens with zero attached hydrogens (tertiary/aromatic N) is 1. The second kappa shape index (κ2) is 9.11. The van der Waals surface area contributed by atoms with E-state index >= 15 is 0 Å². The summed E-state index contributed by atoms with van der Waals surface area (Å²) < 4.78 is 11.5. The Morgan fingerprint density at radius 2 is 1.97 bits per heavy atom. The predicted molar refractivity (Wildman–Crippen MR) is 116 cm³/mol. The molecular weight excluding hydrogens is 410 g/mol. The highest BCUT2D eigenvalue weighted by atomic mass is 32.2. The fraction of sp³-hybridized carbons (Fsp3) is 0.190. The lowest BCUT2D eigenvalue weighted by Gasteiger charge is -2.18. The van der Waals surface area contributed by atoms with E-state index in [9.17, 15) is 14.7 Å². The van der Waals surface area contributed by atoms with Gasteiger partial charge in [0.1, 0.15) is 17.0 Å². The molecule has 1 aliphatic heterocycles. The number of rotatable bonds is 7. The summed E-state index contributed by atoms with van der Waals surface area (Å²) in [5.74, 6) is -0.410. The average molecular weight is 430 g/mol. The first-order valence-electron chi connectivity index (χ1n) is 8.75. The van der Waals surface area contributed by atoms with Crippen LogP contribution in [0.4, 0.5) is 0 Å². The van der Waals surface area contributed by atoms with Crippen molar-refractivity contribution >= 4 is 46.3 Å². The Morgan fingerprint density at radius 3 is 2.62 bits per heavy atom. The molecule has 2 aromatic carbocycles. The Labute approximate surface area is 178 Å². The molecule has 0 aromatic heterocycles. The molecule has 1 saturated heterocycles. The number of thioether (sulfide) groups is 1. The van der Waals surface area contributed by atoms with Crippen molar-refractivity contribution in [2.75, 3.05) is 7.11 Å². The molecule has 1 unspecified atom stereocenters. The van der Waals surface area contributed by atoms with Gasteiger partial charge in [-0.2, -0.15) is 0 Å². The molecule has 1 aliphatic rings. The molecule has 2 aromatic rings. The van der Waals surface area contributed by atoms with Gasteiger partial charge in [0.25, 0.3) is 5.91 Å². The molecule has 0 bridgehead atoms. The van der Waals surface area contributed by atoms with Crippen LogP contribution < -0.4 is 9.47 Å². The molecule has 0 spiro atoms. The van der Waals surface area contributed by atoms with Crippen LogP contribution in [0.1, 0.15) is 18.1 Å². The quantitative estimate of drug-likeness (QED) is 0.528. The second-order valence-corrected chi connectivity index (χ2v) is 7.93. The summed E-state index contributed by atoms with van der Waals surface area (Å²) in [6, 6.07) is 14.1. The van der Waals surface area contributed by atoms with Crippen LogP contribution in [0.15, 0.2) is 53.4 Å². The summed E-state index contributed by atoms with van der Waals surface area (Å²) in [5, 5.41) is 9.17. The maximum absolute atomic E-state index is 12.6. The van der Waals surface area contributed by atoms with Crippen molar-refractivity contribution in [1.82, 2.24) is 4.90 Å². The molecule has 1 amide bonds. The lowest BCUT2D eigenvalue weighted by atomic mass is 10.1. The SMILES string of the molecule is COc1cc(C=C2SC(=S)N(C(C)C(=O)O)C2=O)ccc1OCc1ccccc1. The van der Waals surface area contributed by atoms with Crippen molar-refractivity contribution in [3.63, 3.8) is 0 Å². The number of aliphatic carboxylic acids is 1. The highest BCUT2D eigenvalue weighted by Crippen LogP contribution is 2.36. The fourth-order valence-electron chi connectivity index (χ4n) is 2.70. The second-order valence-electron chi connectivity index (χ2n) is 6.25. The van der Waals surface area contributed by atoms with Crippen LogP contribution >= 0.6 is 24.0 Å². The number of thiocarbonyl (C=S) groups is 1. The third-order valence-corrected chi connectivity index (χ3v) is 5.62. The normalized spacial score (nSPS) is 16.2. The Kier molecular flexibility index (Phi) is 6.56. The number of carbonyl (C=O) groups excluding carboxylic acids is 1. The first-order chi connectivity index (χ1) is 13.9. The van der Waals surface area contributed by atoms with Crippen molar-refractivity contribution in [2.45, 2.75) is 19.6 Å². The number of methoxy groups -OCH3 is 1. The van der Waals surface area contributed by atoms with E-state index in [1.54, 1.807) is 31.4 Å². The fourth-order valence-corrected chi connectivity index (χ4v) is 4.12. The molecule has 0 radical (unpaired) electrons. The van der Waals surface area contributed by atoms with Gasteiger partial charge in [0, 0.05) is 0 Å². The van der Waals surface area contributed by atoms with Crippen LogP contribution in [0.5, 0.6) is 11.5 Å². The van der Waals surface area contributed by atoms with E-state index in [1.807, 2.05) is 30.3 Å². The van der Waals surface area contributed by atoms with Crippen molar-refractivity contribution in [3.8, 4) is 11.5 Å². The van der Waals surface area contributed by atoms with E-state index in [2.05, 4.69) is 0 Å². The minimum Gasteiger partial charge on any atom is -0.493 e. The highest BCUT2D eigenvalue weighted by molar-refractivity contribution is 8.26. The third-order valence-electron chi connectivity index (χ3n) is 4.29. The summed E-state index contributed by atoms with van der Waals surface area (Å²) in [7, 11) is 1.54. The van der Waals surface area contributed by atoms with Gasteiger partial charge < -0.3 is 14.6 Å². The zero-order chi connectivity index (χ0) is 21.0. The molecule has 29 heavy (non-hydrogen) atoms. The zero-order valence-electron chi connectivity index (χ0n) is 15.8. The van der Waals surface area contributed by atoms with Gasteiger partial charge in [0.05, 0.1) is 12.0 Å². The Balaban J connectivity index is 1.78. The monoisotopic (exact) mass is 429 g/mol. The lowest BCUT2D eigenvalue weighted by Crippen LogP contribution is -2.41. The average Bonchev–Trinajstić information content (AvgIpc) is 2.99. The Bertz CT molecular complexity index is 974. The summed E-state index contributed by atoms with van der Waals surface area (Å²) in [6.07, 6.45) is 1.66. The van der Waals surface area contributed by atoms with Crippen LogP contribution in [0, 0.1) is 0 Å². The van der Waals surface area contributed by atoms with E-state index in [0.717, 1.165) is 27.8 Å². The molecule has 8 heteroatoms. The molecular formula is C21H19NO5S2. The molecule has 0 saturated carbocycles. The van der Waals surface area contributed by atoms with Crippen LogP contribution in [0.3, 0.4) is 0 Å². The first kappa shape index (κ1) is 20.9. The van der Waals surface area contributed by atoms with Crippen LogP contribution in [-0.2, 0) is 16.2 Å². The van der Waals surface area contributed by atoms with Gasteiger partial charge >= 0.3 is 5.97 Å². The standard InChI is InChI=1S/C21H19NO5S2/c1-13(20(24)25)22-19(23)18(29-21(22)28)11-15-8-9-16(17(10-15)26-2)27-12-14-6-4-3-5-7-14/h3-11,13H,12H2,1-2H3,(H,24,25). The molecule has 1 heterocycles. The predicted octanol–water partition coefficient (Wildman–Crippen LogP) is 3.95. The lowest BCUT2D eigenvalue weighted by molar-refractivity contribution is -0.144. The van der Waals surface area contributed by atoms with Gasteiger partial charge in [0.15, 0.2) is 11.5 Å². The number of amides is 1. The molecule has 6 nitrogen and oxygen atoms in total. The van der Waals surface area contributed by atoms with E-state index in [-0.39, 0.29) is 4.32 Å². The summed E-state index contributed by atoms with van der Waals surface area (Å²) in [4.78, 5) is 25.3. The number of hydrogen-bond acceptors (Lipinski definition) is 6. The first-order valence-corrected chi connectivity index (χ1v) is 9.98. The number of benzene rings is 2. The molecule has 1 atom stereocenters. The number of ether oxygens (including phenoxy) is 2. The van der Waals surface area contributed by atoms with Gasteiger partial charge in [-0.25, -0.2) is 4.79 Å². The van der Waals surface area contributed by atoms with E-state index < -0.39 is 17.9 Å². The molecule has 0 aliphatic carbocycles. The molecule has 1 fully saturated rings. The Morgan fingerprint density at radius 1 is 1.24 bits per heavy atom. The van der Waals surface area contributed by atoms with Gasteiger partial charge in [0.2, 0.25) is 0 Å². The van der Waals surface area contributed by atoms with Crippen molar-refractivity contribution in [1.29, 1.82) is 0 Å². The molecule has 3 rings (SSSR count). The zero-order valence-corrected chi connectivity index (χ0v) is 17.5. The third kappa shape index (κ3) is 4.78. The Hall–Kier alpha value is -2.84. The molecule has 150 valence electrons. The van der Waals surface area contributed by atoms with Gasteiger partial charge in [-0.05, 0) is 36.3 Å². The highest BCUT2D eigenvalue weighted by Gasteiger charge is 2.38. The maximum Gasteiger partial charge on any atom is 0.326 e. The minimum absolute atomic E-state index is 0.228. The van der Waals surface area contributed by atoms with E-state index in [4.69, 9.17) is 21.7 Å². The maximum atomic E-state index is 12.6.